The SMILES string of the molecule is FCC[C@H](c1ccc(Br)c(Br)c1)N1CCNCC1. The van der Waals surface area contributed by atoms with E-state index in [0.29, 0.717) is 6.42 Å². The number of rotatable bonds is 4. The summed E-state index contributed by atoms with van der Waals surface area (Å²) in [4.78, 5) is 2.37. The Kier molecular flexibility index (Phi) is 5.60. The number of hydrogen-bond donors (Lipinski definition) is 1. The van der Waals surface area contributed by atoms with Crippen molar-refractivity contribution in [2.24, 2.45) is 0 Å². The van der Waals surface area contributed by atoms with Gasteiger partial charge in [0.1, 0.15) is 0 Å². The van der Waals surface area contributed by atoms with E-state index in [4.69, 9.17) is 0 Å². The first-order valence-corrected chi connectivity index (χ1v) is 7.76. The van der Waals surface area contributed by atoms with Crippen LogP contribution < -0.4 is 5.32 Å². The Bertz CT molecular complexity index is 395. The molecule has 1 aromatic rings. The van der Waals surface area contributed by atoms with Crippen LogP contribution >= 0.6 is 31.9 Å². The summed E-state index contributed by atoms with van der Waals surface area (Å²) in [6.45, 7) is 3.67. The van der Waals surface area contributed by atoms with Crippen molar-refractivity contribution in [3.05, 3.63) is 32.7 Å². The van der Waals surface area contributed by atoms with Crippen molar-refractivity contribution in [1.82, 2.24) is 10.2 Å². The van der Waals surface area contributed by atoms with E-state index < -0.39 is 0 Å². The smallest absolute Gasteiger partial charge is 0.0912 e. The molecule has 2 rings (SSSR count). The summed E-state index contributed by atoms with van der Waals surface area (Å²) in [7, 11) is 0. The predicted octanol–water partition coefficient (Wildman–Crippen LogP) is 3.52. The third kappa shape index (κ3) is 3.53. The minimum absolute atomic E-state index is 0.182. The molecule has 0 unspecified atom stereocenters. The van der Waals surface area contributed by atoms with E-state index in [1.807, 2.05) is 6.07 Å². The third-order valence-electron chi connectivity index (χ3n) is 3.30. The Balaban J connectivity index is 2.19. The van der Waals surface area contributed by atoms with Crippen molar-refractivity contribution in [2.45, 2.75) is 12.5 Å². The molecule has 0 bridgehead atoms. The summed E-state index contributed by atoms with van der Waals surface area (Å²) in [6.07, 6.45) is 0.564. The molecule has 100 valence electrons. The molecule has 0 aliphatic carbocycles. The van der Waals surface area contributed by atoms with Gasteiger partial charge in [0.05, 0.1) is 6.67 Å². The number of piperazine rings is 1. The highest BCUT2D eigenvalue weighted by molar-refractivity contribution is 9.13. The zero-order valence-corrected chi connectivity index (χ0v) is 13.3. The van der Waals surface area contributed by atoms with Gasteiger partial charge in [-0.1, -0.05) is 6.07 Å². The fourth-order valence-corrected chi connectivity index (χ4v) is 3.02. The largest absolute Gasteiger partial charge is 0.314 e. The molecule has 18 heavy (non-hydrogen) atoms. The van der Waals surface area contributed by atoms with E-state index in [0.717, 1.165) is 35.1 Å². The standard InChI is InChI=1S/C13H17Br2FN2/c14-11-2-1-10(9-12(11)15)13(3-4-16)18-7-5-17-6-8-18/h1-2,9,13,17H,3-8H2/t13-/m1/s1. The number of nitrogens with one attached hydrogen (secondary N) is 1. The molecular formula is C13H17Br2FN2. The predicted molar refractivity (Wildman–Crippen MR) is 79.6 cm³/mol. The second kappa shape index (κ2) is 6.98. The highest BCUT2D eigenvalue weighted by atomic mass is 79.9. The summed E-state index contributed by atoms with van der Waals surface area (Å²) in [5.41, 5.74) is 1.18. The normalized spacial score (nSPS) is 18.8. The van der Waals surface area contributed by atoms with Gasteiger partial charge in [-0.2, -0.15) is 0 Å². The Morgan fingerprint density at radius 1 is 1.22 bits per heavy atom. The highest BCUT2D eigenvalue weighted by Crippen LogP contribution is 2.31. The van der Waals surface area contributed by atoms with Crippen LogP contribution in [-0.2, 0) is 0 Å². The van der Waals surface area contributed by atoms with Crippen molar-refractivity contribution in [3.63, 3.8) is 0 Å². The van der Waals surface area contributed by atoms with Gasteiger partial charge in [-0.05, 0) is 56.0 Å². The Morgan fingerprint density at radius 2 is 1.94 bits per heavy atom. The van der Waals surface area contributed by atoms with Gasteiger partial charge in [-0.25, -0.2) is 0 Å². The topological polar surface area (TPSA) is 15.3 Å². The van der Waals surface area contributed by atoms with Gasteiger partial charge in [0.15, 0.2) is 0 Å². The van der Waals surface area contributed by atoms with Crippen LogP contribution in [0.25, 0.3) is 0 Å². The molecule has 5 heteroatoms. The fraction of sp³-hybridized carbons (Fsp3) is 0.538. The van der Waals surface area contributed by atoms with E-state index in [1.54, 1.807) is 0 Å². The average Bonchev–Trinajstić information content (AvgIpc) is 2.40. The molecule has 1 aliphatic heterocycles. The monoisotopic (exact) mass is 378 g/mol. The molecule has 1 heterocycles. The number of nitrogens with zero attached hydrogens (tertiary/aromatic N) is 1. The van der Waals surface area contributed by atoms with E-state index in [-0.39, 0.29) is 12.7 Å². The van der Waals surface area contributed by atoms with Gasteiger partial charge in [0, 0.05) is 41.2 Å². The molecule has 1 fully saturated rings. The summed E-state index contributed by atoms with van der Waals surface area (Å²) in [5.74, 6) is 0. The molecule has 2 nitrogen and oxygen atoms in total. The molecule has 0 radical (unpaired) electrons. The van der Waals surface area contributed by atoms with Gasteiger partial charge in [-0.3, -0.25) is 9.29 Å². The number of halogens is 3. The van der Waals surface area contributed by atoms with Gasteiger partial charge in [-0.15, -0.1) is 0 Å². The maximum absolute atomic E-state index is 12.8. The van der Waals surface area contributed by atoms with Crippen LogP contribution in [0.15, 0.2) is 27.1 Å². The van der Waals surface area contributed by atoms with Crippen molar-refractivity contribution in [3.8, 4) is 0 Å². The Labute approximate surface area is 124 Å². The molecule has 0 aromatic heterocycles. The van der Waals surface area contributed by atoms with Crippen molar-refractivity contribution in [1.29, 1.82) is 0 Å². The van der Waals surface area contributed by atoms with E-state index in [9.17, 15) is 4.39 Å². The lowest BCUT2D eigenvalue weighted by Gasteiger charge is -2.35. The van der Waals surface area contributed by atoms with Crippen molar-refractivity contribution >= 4 is 31.9 Å². The summed E-state index contributed by atoms with van der Waals surface area (Å²) < 4.78 is 14.9. The molecule has 1 saturated heterocycles. The molecular weight excluding hydrogens is 363 g/mol. The van der Waals surface area contributed by atoms with E-state index >= 15 is 0 Å². The van der Waals surface area contributed by atoms with Crippen LogP contribution in [0.4, 0.5) is 4.39 Å². The quantitative estimate of drug-likeness (QED) is 0.860. The zero-order valence-electron chi connectivity index (χ0n) is 10.1. The molecule has 1 N–H and O–H groups in total. The lowest BCUT2D eigenvalue weighted by Crippen LogP contribution is -2.45. The Hall–Kier alpha value is 0.0300. The lowest BCUT2D eigenvalue weighted by molar-refractivity contribution is 0.157. The second-order valence-corrected chi connectivity index (χ2v) is 6.16. The number of alkyl halides is 1. The average molecular weight is 380 g/mol. The first-order valence-electron chi connectivity index (χ1n) is 6.18. The van der Waals surface area contributed by atoms with Gasteiger partial charge in [0.25, 0.3) is 0 Å². The van der Waals surface area contributed by atoms with E-state index in [1.165, 1.54) is 5.56 Å². The van der Waals surface area contributed by atoms with Gasteiger partial charge < -0.3 is 5.32 Å². The minimum atomic E-state index is -0.276. The van der Waals surface area contributed by atoms with Gasteiger partial charge >= 0.3 is 0 Å². The fourth-order valence-electron chi connectivity index (χ4n) is 2.38. The molecule has 0 amide bonds. The lowest BCUT2D eigenvalue weighted by atomic mass is 10.0. The van der Waals surface area contributed by atoms with Crippen LogP contribution in [0, 0.1) is 0 Å². The summed E-state index contributed by atoms with van der Waals surface area (Å²) >= 11 is 6.99. The third-order valence-corrected chi connectivity index (χ3v) is 5.18. The summed E-state index contributed by atoms with van der Waals surface area (Å²) in [6, 6.07) is 6.37. The molecule has 1 atom stereocenters. The maximum atomic E-state index is 12.8. The first-order chi connectivity index (χ1) is 8.72. The van der Waals surface area contributed by atoms with Crippen LogP contribution in [-0.4, -0.2) is 37.8 Å². The maximum Gasteiger partial charge on any atom is 0.0912 e. The van der Waals surface area contributed by atoms with Crippen molar-refractivity contribution < 1.29 is 4.39 Å². The molecule has 0 spiro atoms. The van der Waals surface area contributed by atoms with Crippen LogP contribution in [0.5, 0.6) is 0 Å². The minimum Gasteiger partial charge on any atom is -0.314 e. The number of hydrogen-bond acceptors (Lipinski definition) is 2. The number of benzene rings is 1. The van der Waals surface area contributed by atoms with Crippen LogP contribution in [0.3, 0.4) is 0 Å². The Morgan fingerprint density at radius 3 is 2.56 bits per heavy atom. The van der Waals surface area contributed by atoms with Crippen molar-refractivity contribution in [2.75, 3.05) is 32.9 Å². The first kappa shape index (κ1) is 14.4. The molecule has 1 aliphatic rings. The highest BCUT2D eigenvalue weighted by Gasteiger charge is 2.22. The zero-order chi connectivity index (χ0) is 13.0. The van der Waals surface area contributed by atoms with E-state index in [2.05, 4.69) is 54.2 Å². The summed E-state index contributed by atoms with van der Waals surface area (Å²) in [5, 5.41) is 3.33. The van der Waals surface area contributed by atoms with Crippen LogP contribution in [0.2, 0.25) is 0 Å². The molecule has 1 aromatic carbocycles. The van der Waals surface area contributed by atoms with Gasteiger partial charge in [0.2, 0.25) is 0 Å². The second-order valence-electron chi connectivity index (χ2n) is 4.45. The van der Waals surface area contributed by atoms with Crippen LogP contribution in [0.1, 0.15) is 18.0 Å². The molecule has 0 saturated carbocycles.